The van der Waals surface area contributed by atoms with Crippen molar-refractivity contribution < 1.29 is 13.9 Å². The lowest BCUT2D eigenvalue weighted by molar-refractivity contribution is -0.136. The molecular weight excluding hydrogens is 296 g/mol. The van der Waals surface area contributed by atoms with Gasteiger partial charge in [-0.1, -0.05) is 0 Å². The number of ether oxygens (including phenoxy) is 1. The Morgan fingerprint density at radius 2 is 2.22 bits per heavy atom. The first kappa shape index (κ1) is 15.6. The van der Waals surface area contributed by atoms with Gasteiger partial charge in [0.2, 0.25) is 5.91 Å². The van der Waals surface area contributed by atoms with Gasteiger partial charge in [-0.15, -0.1) is 0 Å². The molecule has 2 aromatic rings. The van der Waals surface area contributed by atoms with Crippen LogP contribution in [0.5, 0.6) is 0 Å². The fourth-order valence-corrected chi connectivity index (χ4v) is 2.77. The summed E-state index contributed by atoms with van der Waals surface area (Å²) >= 11 is 0. The van der Waals surface area contributed by atoms with Gasteiger partial charge < -0.3 is 19.4 Å². The molecule has 1 aliphatic heterocycles. The highest BCUT2D eigenvalue weighted by atomic mass is 16.5. The van der Waals surface area contributed by atoms with Crippen LogP contribution in [0.4, 0.5) is 5.69 Å². The summed E-state index contributed by atoms with van der Waals surface area (Å²) in [6, 6.07) is 6.99. The molecule has 1 aliphatic rings. The third-order valence-corrected chi connectivity index (χ3v) is 3.99. The number of aryl methyl sites for hydroxylation is 1. The van der Waals surface area contributed by atoms with E-state index in [1.54, 1.807) is 11.0 Å². The topological polar surface area (TPSA) is 71.8 Å². The van der Waals surface area contributed by atoms with E-state index in [0.717, 1.165) is 16.6 Å². The fraction of sp³-hybridized carbons (Fsp3) is 0.412. The molecule has 1 aromatic heterocycles. The van der Waals surface area contributed by atoms with E-state index in [-0.39, 0.29) is 24.2 Å². The van der Waals surface area contributed by atoms with Gasteiger partial charge in [-0.25, -0.2) is 4.79 Å². The Hall–Kier alpha value is -2.34. The van der Waals surface area contributed by atoms with E-state index in [1.807, 2.05) is 26.0 Å². The molecule has 0 saturated carbocycles. The number of fused-ring (bicyclic) bond motifs is 1. The highest BCUT2D eigenvalue weighted by molar-refractivity contribution is 5.85. The van der Waals surface area contributed by atoms with E-state index >= 15 is 0 Å². The summed E-state index contributed by atoms with van der Waals surface area (Å²) in [4.78, 5) is 25.5. The van der Waals surface area contributed by atoms with E-state index in [2.05, 4.69) is 5.32 Å². The summed E-state index contributed by atoms with van der Waals surface area (Å²) in [5.41, 5.74) is 1.78. The zero-order chi connectivity index (χ0) is 16.4. The molecule has 1 N–H and O–H groups in total. The van der Waals surface area contributed by atoms with E-state index in [0.29, 0.717) is 25.3 Å². The zero-order valence-corrected chi connectivity index (χ0v) is 13.3. The van der Waals surface area contributed by atoms with Gasteiger partial charge in [0, 0.05) is 36.3 Å². The molecular formula is C17H20N2O4. The first-order valence-corrected chi connectivity index (χ1v) is 7.71. The highest BCUT2D eigenvalue weighted by Crippen LogP contribution is 2.20. The fourth-order valence-electron chi connectivity index (χ4n) is 2.77. The molecule has 0 radical (unpaired) electrons. The van der Waals surface area contributed by atoms with Crippen molar-refractivity contribution in [1.29, 1.82) is 0 Å². The van der Waals surface area contributed by atoms with E-state index in [1.165, 1.54) is 6.07 Å². The molecule has 0 bridgehead atoms. The number of benzene rings is 1. The summed E-state index contributed by atoms with van der Waals surface area (Å²) in [6.45, 7) is 5.85. The maximum atomic E-state index is 12.2. The molecule has 1 aromatic carbocycles. The number of rotatable bonds is 3. The van der Waals surface area contributed by atoms with Crippen LogP contribution >= 0.6 is 0 Å². The average Bonchev–Trinajstić information content (AvgIpc) is 2.52. The molecule has 2 heterocycles. The first-order chi connectivity index (χ1) is 11.0. The normalized spacial score (nSPS) is 18.2. The van der Waals surface area contributed by atoms with Crippen LogP contribution in [0.15, 0.2) is 33.5 Å². The van der Waals surface area contributed by atoms with Crippen LogP contribution in [-0.4, -0.2) is 43.2 Å². The quantitative estimate of drug-likeness (QED) is 0.874. The molecule has 6 nitrogen and oxygen atoms in total. The van der Waals surface area contributed by atoms with Crippen LogP contribution in [0, 0.1) is 6.92 Å². The van der Waals surface area contributed by atoms with Gasteiger partial charge in [-0.2, -0.15) is 0 Å². The Morgan fingerprint density at radius 1 is 1.39 bits per heavy atom. The second-order valence-electron chi connectivity index (χ2n) is 5.83. The smallest absolute Gasteiger partial charge is 0.336 e. The molecule has 0 aliphatic carbocycles. The Morgan fingerprint density at radius 3 is 3.00 bits per heavy atom. The Balaban J connectivity index is 1.69. The third-order valence-electron chi connectivity index (χ3n) is 3.99. The molecule has 3 rings (SSSR count). The van der Waals surface area contributed by atoms with Crippen LogP contribution in [0.3, 0.4) is 0 Å². The van der Waals surface area contributed by atoms with Crippen LogP contribution in [0.1, 0.15) is 12.5 Å². The molecule has 122 valence electrons. The predicted octanol–water partition coefficient (Wildman–Crippen LogP) is 1.76. The summed E-state index contributed by atoms with van der Waals surface area (Å²) in [7, 11) is 0. The summed E-state index contributed by atoms with van der Waals surface area (Å²) in [5, 5.41) is 3.99. The monoisotopic (exact) mass is 316 g/mol. The van der Waals surface area contributed by atoms with Crippen LogP contribution in [0.25, 0.3) is 11.0 Å². The van der Waals surface area contributed by atoms with E-state index in [9.17, 15) is 9.59 Å². The second kappa shape index (κ2) is 6.42. The minimum absolute atomic E-state index is 0.0333. The number of anilines is 1. The number of nitrogens with zero attached hydrogens (tertiary/aromatic N) is 1. The number of morpholine rings is 1. The number of nitrogens with one attached hydrogen (secondary N) is 1. The number of amides is 1. The lowest BCUT2D eigenvalue weighted by atomic mass is 10.1. The number of hydrogen-bond acceptors (Lipinski definition) is 5. The van der Waals surface area contributed by atoms with Crippen LogP contribution in [0.2, 0.25) is 0 Å². The molecule has 1 saturated heterocycles. The van der Waals surface area contributed by atoms with Crippen molar-refractivity contribution in [3.8, 4) is 0 Å². The van der Waals surface area contributed by atoms with Crippen molar-refractivity contribution in [2.75, 3.05) is 31.6 Å². The van der Waals surface area contributed by atoms with Crippen LogP contribution < -0.4 is 10.9 Å². The summed E-state index contributed by atoms with van der Waals surface area (Å²) in [5.74, 6) is 0.0333. The van der Waals surface area contributed by atoms with Crippen molar-refractivity contribution in [3.05, 3.63) is 40.2 Å². The Labute approximate surface area is 134 Å². The predicted molar refractivity (Wildman–Crippen MR) is 87.7 cm³/mol. The first-order valence-electron chi connectivity index (χ1n) is 7.71. The SMILES string of the molecule is Cc1cc(=O)oc2cc(NCC(=O)N3CCOC(C)C3)ccc12. The van der Waals surface area contributed by atoms with Gasteiger partial charge in [0.05, 0.1) is 19.3 Å². The van der Waals surface area contributed by atoms with Crippen molar-refractivity contribution in [3.63, 3.8) is 0 Å². The molecule has 1 fully saturated rings. The molecule has 0 spiro atoms. The van der Waals surface area contributed by atoms with E-state index < -0.39 is 0 Å². The molecule has 1 atom stereocenters. The lowest BCUT2D eigenvalue weighted by Gasteiger charge is -2.31. The van der Waals surface area contributed by atoms with Gasteiger partial charge in [0.1, 0.15) is 5.58 Å². The largest absolute Gasteiger partial charge is 0.423 e. The Bertz CT molecular complexity index is 784. The standard InChI is InChI=1S/C17H20N2O4/c1-11-7-17(21)23-15-8-13(3-4-14(11)15)18-9-16(20)19-5-6-22-12(2)10-19/h3-4,7-8,12,18H,5-6,9-10H2,1-2H3. The van der Waals surface area contributed by atoms with E-state index in [4.69, 9.17) is 9.15 Å². The van der Waals surface area contributed by atoms with Crippen LogP contribution in [-0.2, 0) is 9.53 Å². The van der Waals surface area contributed by atoms with Crippen molar-refractivity contribution >= 4 is 22.6 Å². The maximum Gasteiger partial charge on any atom is 0.336 e. The van der Waals surface area contributed by atoms with Gasteiger partial charge in [0.15, 0.2) is 0 Å². The van der Waals surface area contributed by atoms with Gasteiger partial charge in [-0.05, 0) is 31.5 Å². The number of hydrogen-bond donors (Lipinski definition) is 1. The lowest BCUT2D eigenvalue weighted by Crippen LogP contribution is -2.46. The maximum absolute atomic E-state index is 12.2. The van der Waals surface area contributed by atoms with Gasteiger partial charge in [0.25, 0.3) is 0 Å². The summed E-state index contributed by atoms with van der Waals surface area (Å²) < 4.78 is 10.6. The van der Waals surface area contributed by atoms with Crippen molar-refractivity contribution in [2.45, 2.75) is 20.0 Å². The third kappa shape index (κ3) is 3.53. The Kier molecular flexibility index (Phi) is 4.34. The zero-order valence-electron chi connectivity index (χ0n) is 13.3. The number of carbonyl (C=O) groups is 1. The minimum Gasteiger partial charge on any atom is -0.423 e. The average molecular weight is 316 g/mol. The molecule has 6 heteroatoms. The minimum atomic E-state index is -0.370. The summed E-state index contributed by atoms with van der Waals surface area (Å²) in [6.07, 6.45) is 0.0746. The second-order valence-corrected chi connectivity index (χ2v) is 5.83. The van der Waals surface area contributed by atoms with Gasteiger partial charge >= 0.3 is 5.63 Å². The van der Waals surface area contributed by atoms with Gasteiger partial charge in [-0.3, -0.25) is 4.79 Å². The number of carbonyl (C=O) groups excluding carboxylic acids is 1. The molecule has 1 unspecified atom stereocenters. The van der Waals surface area contributed by atoms with Crippen molar-refractivity contribution in [1.82, 2.24) is 4.90 Å². The molecule has 1 amide bonds. The van der Waals surface area contributed by atoms with Crippen molar-refractivity contribution in [2.24, 2.45) is 0 Å². The molecule has 23 heavy (non-hydrogen) atoms. The highest BCUT2D eigenvalue weighted by Gasteiger charge is 2.20.